The fourth-order valence-electron chi connectivity index (χ4n) is 2.30. The molecule has 2 aromatic heterocycles. The van der Waals surface area contributed by atoms with Gasteiger partial charge in [-0.2, -0.15) is 0 Å². The molecule has 0 unspecified atom stereocenters. The van der Waals surface area contributed by atoms with E-state index in [0.29, 0.717) is 18.9 Å². The highest BCUT2D eigenvalue weighted by molar-refractivity contribution is 5.79. The van der Waals surface area contributed by atoms with E-state index in [9.17, 15) is 4.79 Å². The fraction of sp³-hybridized carbons (Fsp3) is 0.500. The summed E-state index contributed by atoms with van der Waals surface area (Å²) in [5.41, 5.74) is 0. The van der Waals surface area contributed by atoms with Crippen LogP contribution in [0.3, 0.4) is 0 Å². The minimum Gasteiger partial charge on any atom is -0.466 e. The van der Waals surface area contributed by atoms with Crippen molar-refractivity contribution in [2.24, 2.45) is 0 Å². The van der Waals surface area contributed by atoms with Crippen molar-refractivity contribution in [3.63, 3.8) is 0 Å². The van der Waals surface area contributed by atoms with Crippen molar-refractivity contribution in [3.8, 4) is 0 Å². The topological polar surface area (TPSA) is 60.1 Å². The average Bonchev–Trinajstić information content (AvgIpc) is 3.06. The maximum Gasteiger partial charge on any atom is 0.242 e. The molecule has 0 spiro atoms. The van der Waals surface area contributed by atoms with Crippen LogP contribution in [0.15, 0.2) is 28.9 Å². The summed E-state index contributed by atoms with van der Waals surface area (Å²) in [6, 6.07) is 3.61. The van der Waals surface area contributed by atoms with E-state index in [1.54, 1.807) is 6.20 Å². The zero-order valence-corrected chi connectivity index (χ0v) is 13.1. The second kappa shape index (κ2) is 6.61. The molecule has 1 N–H and O–H groups in total. The number of furan rings is 1. The quantitative estimate of drug-likeness (QED) is 0.889. The van der Waals surface area contributed by atoms with Gasteiger partial charge in [0, 0.05) is 31.3 Å². The van der Waals surface area contributed by atoms with Gasteiger partial charge in [0.1, 0.15) is 23.4 Å². The summed E-state index contributed by atoms with van der Waals surface area (Å²) in [5.74, 6) is 3.01. The summed E-state index contributed by atoms with van der Waals surface area (Å²) < 4.78 is 7.41. The van der Waals surface area contributed by atoms with Crippen molar-refractivity contribution in [2.75, 3.05) is 6.54 Å². The third-order valence-corrected chi connectivity index (χ3v) is 3.48. The van der Waals surface area contributed by atoms with Gasteiger partial charge in [-0.05, 0) is 26.0 Å². The Morgan fingerprint density at radius 1 is 1.38 bits per heavy atom. The number of rotatable bonds is 6. The Labute approximate surface area is 125 Å². The third-order valence-electron chi connectivity index (χ3n) is 3.48. The molecule has 5 nitrogen and oxygen atoms in total. The number of aromatic nitrogens is 2. The van der Waals surface area contributed by atoms with Crippen LogP contribution in [0.25, 0.3) is 0 Å². The van der Waals surface area contributed by atoms with Crippen molar-refractivity contribution < 1.29 is 9.21 Å². The molecule has 0 fully saturated rings. The molecule has 0 aromatic carbocycles. The van der Waals surface area contributed by atoms with E-state index in [2.05, 4.69) is 24.1 Å². The van der Waals surface area contributed by atoms with Crippen LogP contribution in [0.4, 0.5) is 0 Å². The van der Waals surface area contributed by atoms with Crippen LogP contribution in [0.1, 0.15) is 50.1 Å². The number of nitrogens with zero attached hydrogens (tertiary/aromatic N) is 2. The van der Waals surface area contributed by atoms with Gasteiger partial charge in [-0.1, -0.05) is 13.8 Å². The first-order valence-corrected chi connectivity index (χ1v) is 7.34. The molecule has 0 aliphatic rings. The molecule has 0 radical (unpaired) electrons. The molecule has 1 atom stereocenters. The van der Waals surface area contributed by atoms with E-state index < -0.39 is 0 Å². The molecule has 1 amide bonds. The van der Waals surface area contributed by atoms with E-state index in [-0.39, 0.29) is 11.9 Å². The van der Waals surface area contributed by atoms with E-state index in [0.717, 1.165) is 17.3 Å². The van der Waals surface area contributed by atoms with Gasteiger partial charge in [-0.3, -0.25) is 4.79 Å². The van der Waals surface area contributed by atoms with Gasteiger partial charge in [-0.25, -0.2) is 4.98 Å². The van der Waals surface area contributed by atoms with Gasteiger partial charge in [0.15, 0.2) is 0 Å². The monoisotopic (exact) mass is 289 g/mol. The molecular formula is C16H23N3O2. The normalized spacial score (nSPS) is 12.6. The minimum atomic E-state index is -0.261. The number of amides is 1. The average molecular weight is 289 g/mol. The summed E-state index contributed by atoms with van der Waals surface area (Å²) in [7, 11) is 0. The predicted molar refractivity (Wildman–Crippen MR) is 81.2 cm³/mol. The van der Waals surface area contributed by atoms with Crippen LogP contribution in [-0.4, -0.2) is 22.0 Å². The Kier molecular flexibility index (Phi) is 4.83. The molecule has 5 heteroatoms. The van der Waals surface area contributed by atoms with Crippen LogP contribution < -0.4 is 5.32 Å². The molecule has 0 bridgehead atoms. The lowest BCUT2D eigenvalue weighted by atomic mass is 10.2. The lowest BCUT2D eigenvalue weighted by Gasteiger charge is -2.17. The van der Waals surface area contributed by atoms with Crippen LogP contribution in [0.2, 0.25) is 0 Å². The lowest BCUT2D eigenvalue weighted by molar-refractivity contribution is -0.123. The third kappa shape index (κ3) is 3.74. The summed E-state index contributed by atoms with van der Waals surface area (Å²) >= 11 is 0. The fourth-order valence-corrected chi connectivity index (χ4v) is 2.30. The second-order valence-electron chi connectivity index (χ2n) is 5.58. The Hall–Kier alpha value is -2.04. The summed E-state index contributed by atoms with van der Waals surface area (Å²) in [4.78, 5) is 16.5. The summed E-state index contributed by atoms with van der Waals surface area (Å²) in [5, 5.41) is 2.95. The smallest absolute Gasteiger partial charge is 0.242 e. The standard InChI is InChI=1S/C16H23N3O2/c1-11(2)15-17-9-10-19(15)13(4)16(20)18-8-7-14-6-5-12(3)21-14/h5-6,9-11,13H,7-8H2,1-4H3,(H,18,20)/t13-/m0/s1. The molecule has 2 aromatic rings. The van der Waals surface area contributed by atoms with Crippen molar-refractivity contribution in [2.45, 2.75) is 46.1 Å². The summed E-state index contributed by atoms with van der Waals surface area (Å²) in [6.45, 7) is 8.52. The maximum absolute atomic E-state index is 12.2. The van der Waals surface area contributed by atoms with Crippen molar-refractivity contribution in [3.05, 3.63) is 41.9 Å². The highest BCUT2D eigenvalue weighted by atomic mass is 16.3. The maximum atomic E-state index is 12.2. The first-order valence-electron chi connectivity index (χ1n) is 7.34. The van der Waals surface area contributed by atoms with Crippen LogP contribution in [0.5, 0.6) is 0 Å². The Morgan fingerprint density at radius 2 is 2.14 bits per heavy atom. The number of carbonyl (C=O) groups excluding carboxylic acids is 1. The molecule has 21 heavy (non-hydrogen) atoms. The van der Waals surface area contributed by atoms with Crippen LogP contribution >= 0.6 is 0 Å². The zero-order chi connectivity index (χ0) is 15.4. The van der Waals surface area contributed by atoms with Gasteiger partial charge in [0.25, 0.3) is 0 Å². The number of imidazole rings is 1. The molecule has 2 heterocycles. The SMILES string of the molecule is Cc1ccc(CCNC(=O)[C@H](C)n2ccnc2C(C)C)o1. The molecule has 114 valence electrons. The largest absolute Gasteiger partial charge is 0.466 e. The molecule has 2 rings (SSSR count). The van der Waals surface area contributed by atoms with Gasteiger partial charge in [-0.15, -0.1) is 0 Å². The van der Waals surface area contributed by atoms with Gasteiger partial charge < -0.3 is 14.3 Å². The van der Waals surface area contributed by atoms with E-state index in [4.69, 9.17) is 4.42 Å². The molecule has 0 saturated carbocycles. The first-order chi connectivity index (χ1) is 9.99. The predicted octanol–water partition coefficient (Wildman–Crippen LogP) is 2.83. The molecule has 0 aliphatic carbocycles. The zero-order valence-electron chi connectivity index (χ0n) is 13.1. The number of aryl methyl sites for hydroxylation is 1. The van der Waals surface area contributed by atoms with Crippen LogP contribution in [-0.2, 0) is 11.2 Å². The van der Waals surface area contributed by atoms with E-state index in [1.807, 2.05) is 36.7 Å². The first kappa shape index (κ1) is 15.4. The lowest BCUT2D eigenvalue weighted by Crippen LogP contribution is -2.33. The molecular weight excluding hydrogens is 266 g/mol. The van der Waals surface area contributed by atoms with Gasteiger partial charge in [0.2, 0.25) is 5.91 Å². The summed E-state index contributed by atoms with van der Waals surface area (Å²) in [6.07, 6.45) is 4.30. The Morgan fingerprint density at radius 3 is 2.76 bits per heavy atom. The highest BCUT2D eigenvalue weighted by Crippen LogP contribution is 2.17. The van der Waals surface area contributed by atoms with Crippen LogP contribution in [0, 0.1) is 6.92 Å². The Balaban J connectivity index is 1.89. The second-order valence-corrected chi connectivity index (χ2v) is 5.58. The molecule has 0 saturated heterocycles. The number of nitrogens with one attached hydrogen (secondary N) is 1. The molecule has 0 aliphatic heterocycles. The van der Waals surface area contributed by atoms with Crippen molar-refractivity contribution >= 4 is 5.91 Å². The number of carbonyl (C=O) groups is 1. The van der Waals surface area contributed by atoms with Crippen molar-refractivity contribution in [1.82, 2.24) is 14.9 Å². The highest BCUT2D eigenvalue weighted by Gasteiger charge is 2.18. The van der Waals surface area contributed by atoms with E-state index >= 15 is 0 Å². The van der Waals surface area contributed by atoms with E-state index in [1.165, 1.54) is 0 Å². The number of hydrogen-bond donors (Lipinski definition) is 1. The van der Waals surface area contributed by atoms with Gasteiger partial charge in [0.05, 0.1) is 0 Å². The number of hydrogen-bond acceptors (Lipinski definition) is 3. The Bertz CT molecular complexity index is 598. The van der Waals surface area contributed by atoms with Crippen molar-refractivity contribution in [1.29, 1.82) is 0 Å². The minimum absolute atomic E-state index is 0.00169. The van der Waals surface area contributed by atoms with Gasteiger partial charge >= 0.3 is 0 Å².